The zero-order valence-electron chi connectivity index (χ0n) is 22.5. The first-order chi connectivity index (χ1) is 18.9. The van der Waals surface area contributed by atoms with Gasteiger partial charge in [-0.05, 0) is 74.1 Å². The van der Waals surface area contributed by atoms with Gasteiger partial charge in [0.15, 0.2) is 11.5 Å². The smallest absolute Gasteiger partial charge is 0.251 e. The summed E-state index contributed by atoms with van der Waals surface area (Å²) >= 11 is 0. The van der Waals surface area contributed by atoms with Crippen LogP contribution in [-0.4, -0.2) is 41.1 Å². The number of aromatic nitrogens is 3. The van der Waals surface area contributed by atoms with Crippen molar-refractivity contribution < 1.29 is 18.7 Å². The Balaban J connectivity index is 1.55. The predicted octanol–water partition coefficient (Wildman–Crippen LogP) is 5.39. The largest absolute Gasteiger partial charge is 0.495 e. The van der Waals surface area contributed by atoms with E-state index in [4.69, 9.17) is 24.6 Å². The van der Waals surface area contributed by atoms with Gasteiger partial charge in [-0.2, -0.15) is 9.97 Å². The first-order valence-corrected chi connectivity index (χ1v) is 13.0. The number of carbonyl (C=O) groups is 1. The maximum atomic E-state index is 12.1. The van der Waals surface area contributed by atoms with Crippen molar-refractivity contribution in [2.45, 2.75) is 45.6 Å². The lowest BCUT2D eigenvalue weighted by molar-refractivity contribution is 0.0962. The van der Waals surface area contributed by atoms with E-state index in [1.807, 2.05) is 38.1 Å². The zero-order chi connectivity index (χ0) is 27.5. The number of nitrogens with two attached hydrogens (primary N) is 1. The third-order valence-corrected chi connectivity index (χ3v) is 6.79. The van der Waals surface area contributed by atoms with Crippen LogP contribution in [0, 0.1) is 6.92 Å². The molecule has 4 N–H and O–H groups in total. The average Bonchev–Trinajstić information content (AvgIpc) is 3.58. The highest BCUT2D eigenvalue weighted by Crippen LogP contribution is 2.38. The summed E-state index contributed by atoms with van der Waals surface area (Å²) in [7, 11) is 3.11. The molecule has 10 nitrogen and oxygen atoms in total. The normalized spacial score (nSPS) is 14.0. The van der Waals surface area contributed by atoms with Crippen molar-refractivity contribution in [1.82, 2.24) is 20.3 Å². The van der Waals surface area contributed by atoms with E-state index in [9.17, 15) is 4.79 Å². The summed E-state index contributed by atoms with van der Waals surface area (Å²) in [5.41, 5.74) is 11.5. The molecule has 0 spiro atoms. The molecule has 2 aromatic carbocycles. The number of nitrogens with one attached hydrogen (secondary N) is 2. The van der Waals surface area contributed by atoms with E-state index in [0.717, 1.165) is 42.3 Å². The fourth-order valence-corrected chi connectivity index (χ4v) is 4.88. The molecular weight excluding hydrogens is 496 g/mol. The third kappa shape index (κ3) is 5.36. The van der Waals surface area contributed by atoms with Crippen molar-refractivity contribution in [1.29, 1.82) is 0 Å². The van der Waals surface area contributed by atoms with Crippen LogP contribution in [0.15, 0.2) is 46.9 Å². The molecular formula is C29H32N6O4. The van der Waals surface area contributed by atoms with Gasteiger partial charge in [0.25, 0.3) is 5.91 Å². The number of amides is 1. The number of ether oxygens (including phenoxy) is 2. The van der Waals surface area contributed by atoms with Gasteiger partial charge in [-0.1, -0.05) is 12.1 Å². The Morgan fingerprint density at radius 3 is 2.59 bits per heavy atom. The van der Waals surface area contributed by atoms with Gasteiger partial charge in [-0.3, -0.25) is 4.79 Å². The number of anilines is 3. The maximum absolute atomic E-state index is 12.1. The molecule has 2 aromatic heterocycles. The van der Waals surface area contributed by atoms with E-state index < -0.39 is 0 Å². The van der Waals surface area contributed by atoms with E-state index in [1.165, 1.54) is 7.11 Å². The summed E-state index contributed by atoms with van der Waals surface area (Å²) in [5, 5.41) is 5.79. The van der Waals surface area contributed by atoms with Crippen LogP contribution in [0.3, 0.4) is 0 Å². The number of methoxy groups -OCH3 is 1. The molecule has 39 heavy (non-hydrogen) atoms. The number of nitrogens with zero attached hydrogens (tertiary/aromatic N) is 3. The second kappa shape index (κ2) is 11.0. The van der Waals surface area contributed by atoms with Crippen LogP contribution >= 0.6 is 0 Å². The molecule has 1 aliphatic rings. The van der Waals surface area contributed by atoms with Crippen molar-refractivity contribution in [2.75, 3.05) is 25.2 Å². The molecule has 5 rings (SSSR count). The molecule has 1 amide bonds. The molecule has 0 radical (unpaired) electrons. The Bertz CT molecular complexity index is 1560. The van der Waals surface area contributed by atoms with E-state index in [1.54, 1.807) is 25.2 Å². The fraction of sp³-hybridized carbons (Fsp3) is 0.310. The highest BCUT2D eigenvalue weighted by molar-refractivity contribution is 5.95. The topological polar surface area (TPSA) is 137 Å². The SMILES string of the molecule is C/C=C(/c1ccc2nc(C)oc2c1)c1c(N)nc(Nc2ccc(C(=O)NC)cc2OC)nc1OC1CCCC1. The number of allylic oxidation sites excluding steroid dienone is 1. The number of oxazole rings is 1. The summed E-state index contributed by atoms with van der Waals surface area (Å²) in [6, 6.07) is 10.9. The number of hydrogen-bond donors (Lipinski definition) is 3. The Morgan fingerprint density at radius 2 is 1.87 bits per heavy atom. The minimum Gasteiger partial charge on any atom is -0.495 e. The van der Waals surface area contributed by atoms with Crippen LogP contribution < -0.4 is 25.8 Å². The highest BCUT2D eigenvalue weighted by Gasteiger charge is 2.25. The lowest BCUT2D eigenvalue weighted by Crippen LogP contribution is -2.18. The summed E-state index contributed by atoms with van der Waals surface area (Å²) in [6.45, 7) is 3.76. The molecule has 202 valence electrons. The fourth-order valence-electron chi connectivity index (χ4n) is 4.88. The number of nitrogen functional groups attached to an aromatic ring is 1. The molecule has 0 unspecified atom stereocenters. The Kier molecular flexibility index (Phi) is 7.36. The monoisotopic (exact) mass is 528 g/mol. The number of benzene rings is 2. The van der Waals surface area contributed by atoms with Gasteiger partial charge in [0, 0.05) is 19.5 Å². The number of aryl methyl sites for hydroxylation is 1. The number of carbonyl (C=O) groups excluding carboxylic acids is 1. The molecule has 2 heterocycles. The van der Waals surface area contributed by atoms with Crippen LogP contribution in [0.1, 0.15) is 60.0 Å². The Morgan fingerprint density at radius 1 is 1.10 bits per heavy atom. The second-order valence-electron chi connectivity index (χ2n) is 9.37. The van der Waals surface area contributed by atoms with Crippen molar-refractivity contribution in [3.8, 4) is 11.6 Å². The molecule has 1 saturated carbocycles. The molecule has 4 aromatic rings. The molecule has 1 fully saturated rings. The van der Waals surface area contributed by atoms with Gasteiger partial charge in [-0.25, -0.2) is 4.98 Å². The van der Waals surface area contributed by atoms with Crippen LogP contribution in [-0.2, 0) is 0 Å². The van der Waals surface area contributed by atoms with Crippen LogP contribution in [0.5, 0.6) is 11.6 Å². The molecule has 0 bridgehead atoms. The molecule has 0 atom stereocenters. The number of rotatable bonds is 8. The van der Waals surface area contributed by atoms with Gasteiger partial charge in [0.2, 0.25) is 11.8 Å². The minimum absolute atomic E-state index is 0.0461. The average molecular weight is 529 g/mol. The summed E-state index contributed by atoms with van der Waals surface area (Å²) < 4.78 is 17.7. The van der Waals surface area contributed by atoms with Crippen LogP contribution in [0.2, 0.25) is 0 Å². The van der Waals surface area contributed by atoms with E-state index in [-0.39, 0.29) is 23.8 Å². The molecule has 10 heteroatoms. The summed E-state index contributed by atoms with van der Waals surface area (Å²) in [4.78, 5) is 25.8. The quantitative estimate of drug-likeness (QED) is 0.275. The number of hydrogen-bond acceptors (Lipinski definition) is 9. The van der Waals surface area contributed by atoms with Crippen molar-refractivity contribution in [3.63, 3.8) is 0 Å². The first-order valence-electron chi connectivity index (χ1n) is 13.0. The predicted molar refractivity (Wildman–Crippen MR) is 150 cm³/mol. The Hall–Kier alpha value is -4.60. The summed E-state index contributed by atoms with van der Waals surface area (Å²) in [6.07, 6.45) is 6.14. The van der Waals surface area contributed by atoms with E-state index in [0.29, 0.717) is 39.9 Å². The summed E-state index contributed by atoms with van der Waals surface area (Å²) in [5.74, 6) is 1.78. The van der Waals surface area contributed by atoms with E-state index in [2.05, 4.69) is 20.6 Å². The van der Waals surface area contributed by atoms with Crippen LogP contribution in [0.4, 0.5) is 17.5 Å². The lowest BCUT2D eigenvalue weighted by atomic mass is 9.98. The standard InChI is InChI=1S/C29H32N6O4/c1-5-20(17-10-12-22-24(14-17)38-16(2)32-22)25-26(30)34-29(35-28(25)39-19-8-6-7-9-19)33-21-13-11-18(27(36)31-3)15-23(21)37-4/h5,10-15,19H,6-9H2,1-4H3,(H,31,36)(H3,30,33,34,35)/b20-5-. The van der Waals surface area contributed by atoms with E-state index >= 15 is 0 Å². The molecule has 0 saturated heterocycles. The van der Waals surface area contributed by atoms with Gasteiger partial charge < -0.3 is 30.3 Å². The Labute approximate surface area is 226 Å². The van der Waals surface area contributed by atoms with Crippen molar-refractivity contribution in [2.24, 2.45) is 0 Å². The molecule has 1 aliphatic carbocycles. The number of fused-ring (bicyclic) bond motifs is 1. The first kappa shape index (κ1) is 26.0. The van der Waals surface area contributed by atoms with Gasteiger partial charge in [0.05, 0.1) is 18.4 Å². The highest BCUT2D eigenvalue weighted by atomic mass is 16.5. The third-order valence-electron chi connectivity index (χ3n) is 6.79. The molecule has 0 aliphatic heterocycles. The van der Waals surface area contributed by atoms with Gasteiger partial charge in [0.1, 0.15) is 23.2 Å². The van der Waals surface area contributed by atoms with Gasteiger partial charge >= 0.3 is 0 Å². The maximum Gasteiger partial charge on any atom is 0.251 e. The van der Waals surface area contributed by atoms with Gasteiger partial charge in [-0.15, -0.1) is 0 Å². The van der Waals surface area contributed by atoms with Crippen molar-refractivity contribution in [3.05, 3.63) is 65.1 Å². The van der Waals surface area contributed by atoms with Crippen LogP contribution in [0.25, 0.3) is 16.7 Å². The van der Waals surface area contributed by atoms with Crippen molar-refractivity contribution >= 4 is 40.0 Å². The lowest BCUT2D eigenvalue weighted by Gasteiger charge is -2.20. The minimum atomic E-state index is -0.213. The second-order valence-corrected chi connectivity index (χ2v) is 9.37. The zero-order valence-corrected chi connectivity index (χ0v) is 22.5.